The van der Waals surface area contributed by atoms with Gasteiger partial charge in [0.25, 0.3) is 0 Å². The van der Waals surface area contributed by atoms with Crippen LogP contribution in [0.25, 0.3) is 0 Å². The number of rotatable bonds is 4. The number of halogens is 2. The topological polar surface area (TPSA) is 55.5 Å². The molecule has 0 N–H and O–H groups in total. The molecule has 0 saturated carbocycles. The summed E-state index contributed by atoms with van der Waals surface area (Å²) in [6.45, 7) is 0. The molecule has 0 amide bonds. The summed E-state index contributed by atoms with van der Waals surface area (Å²) in [6, 6.07) is 12.5. The molecule has 0 atom stereocenters. The van der Waals surface area contributed by atoms with Crippen LogP contribution in [0.1, 0.15) is 5.56 Å². The quantitative estimate of drug-likeness (QED) is 0.301. The van der Waals surface area contributed by atoms with Gasteiger partial charge in [-0.1, -0.05) is 0 Å². The summed E-state index contributed by atoms with van der Waals surface area (Å²) in [5, 5.41) is 11.0. The van der Waals surface area contributed by atoms with Crippen molar-refractivity contribution in [2.24, 2.45) is 4.99 Å². The van der Waals surface area contributed by atoms with Crippen LogP contribution in [0.5, 0.6) is 0 Å². The summed E-state index contributed by atoms with van der Waals surface area (Å²) in [7, 11) is 0. The third-order valence-electron chi connectivity index (χ3n) is 2.48. The number of hydrogen-bond acceptors (Lipinski definition) is 3. The Kier molecular flexibility index (Phi) is 5.48. The molecule has 0 fully saturated rings. The first kappa shape index (κ1) is 15.4. The number of nitro benzene ring substituents is 1. The number of hydrogen-bond donors (Lipinski definition) is 0. The second kappa shape index (κ2) is 7.13. The van der Waals surface area contributed by atoms with Crippen LogP contribution in [0.4, 0.5) is 11.4 Å². The van der Waals surface area contributed by atoms with Gasteiger partial charge in [0.2, 0.25) is 0 Å². The van der Waals surface area contributed by atoms with Gasteiger partial charge in [-0.2, -0.15) is 0 Å². The molecule has 0 unspecified atom stereocenters. The van der Waals surface area contributed by atoms with Crippen LogP contribution >= 0.6 is 30.0 Å². The first-order valence-corrected chi connectivity index (χ1v) is 11.1. The van der Waals surface area contributed by atoms with E-state index in [1.54, 1.807) is 12.3 Å². The fourth-order valence-corrected chi connectivity index (χ4v) is 4.55. The molecular formula is C13H8Br2N2O2Se. The van der Waals surface area contributed by atoms with Gasteiger partial charge < -0.3 is 0 Å². The van der Waals surface area contributed by atoms with Gasteiger partial charge in [-0.3, -0.25) is 0 Å². The Morgan fingerprint density at radius 3 is 2.50 bits per heavy atom. The Hall–Kier alpha value is -1.01. The van der Waals surface area contributed by atoms with E-state index >= 15 is 0 Å². The molecule has 0 bridgehead atoms. The zero-order valence-electron chi connectivity index (χ0n) is 9.99. The van der Waals surface area contributed by atoms with Gasteiger partial charge in [0, 0.05) is 0 Å². The van der Waals surface area contributed by atoms with E-state index in [4.69, 9.17) is 0 Å². The summed E-state index contributed by atoms with van der Waals surface area (Å²) in [5.41, 5.74) is 1.69. The first-order valence-electron chi connectivity index (χ1n) is 5.47. The summed E-state index contributed by atoms with van der Waals surface area (Å²) < 4.78 is 1.67. The second-order valence-corrected chi connectivity index (χ2v) is 7.54. The van der Waals surface area contributed by atoms with Crippen molar-refractivity contribution >= 4 is 65.2 Å². The average Bonchev–Trinajstić information content (AvgIpc) is 2.46. The Bertz CT molecular complexity index is 660. The number of nitrogens with zero attached hydrogens (tertiary/aromatic N) is 2. The number of nitro groups is 1. The first-order chi connectivity index (χ1) is 9.61. The predicted octanol–water partition coefficient (Wildman–Crippen LogP) is 3.75. The molecule has 7 heteroatoms. The van der Waals surface area contributed by atoms with Crippen molar-refractivity contribution < 1.29 is 4.92 Å². The van der Waals surface area contributed by atoms with Crippen molar-refractivity contribution in [3.63, 3.8) is 0 Å². The summed E-state index contributed by atoms with van der Waals surface area (Å²) in [6.07, 6.45) is 1.66. The molecule has 0 saturated heterocycles. The van der Waals surface area contributed by atoms with E-state index in [0.29, 0.717) is 4.46 Å². The van der Waals surface area contributed by atoms with Crippen LogP contribution in [0.2, 0.25) is 0 Å². The van der Waals surface area contributed by atoms with Crippen LogP contribution in [0.3, 0.4) is 0 Å². The molecule has 20 heavy (non-hydrogen) atoms. The fraction of sp³-hybridized carbons (Fsp3) is 0. The third-order valence-corrected chi connectivity index (χ3v) is 5.95. The molecule has 2 aromatic carbocycles. The summed E-state index contributed by atoms with van der Waals surface area (Å²) in [5.74, 6) is 0. The molecule has 102 valence electrons. The van der Waals surface area contributed by atoms with E-state index in [1.807, 2.05) is 30.3 Å². The monoisotopic (exact) mass is 462 g/mol. The van der Waals surface area contributed by atoms with Crippen LogP contribution in [0.15, 0.2) is 51.9 Å². The Balaban J connectivity index is 2.36. The Morgan fingerprint density at radius 2 is 1.90 bits per heavy atom. The second-order valence-electron chi connectivity index (χ2n) is 3.76. The van der Waals surface area contributed by atoms with E-state index in [9.17, 15) is 10.1 Å². The maximum atomic E-state index is 11.0. The standard InChI is InChI=1S/C13H8Br2N2O2Se/c14-10-4-6-11(7-5-10)16-8-9-2-1-3-12(17(18)19)13(9)20-15/h1-8H. The Labute approximate surface area is 137 Å². The minimum atomic E-state index is -0.366. The molecule has 0 heterocycles. The molecule has 0 aliphatic rings. The zero-order chi connectivity index (χ0) is 14.5. The SMILES string of the molecule is O=[N+]([O-])c1cccc(C=Nc2ccc(Br)cc2)c1[Se]Br. The average molecular weight is 463 g/mol. The minimum absolute atomic E-state index is 0.127. The normalized spacial score (nSPS) is 10.9. The predicted molar refractivity (Wildman–Crippen MR) is 88.8 cm³/mol. The fourth-order valence-electron chi connectivity index (χ4n) is 1.54. The van der Waals surface area contributed by atoms with E-state index in [-0.39, 0.29) is 23.8 Å². The van der Waals surface area contributed by atoms with Crippen LogP contribution < -0.4 is 4.46 Å². The Morgan fingerprint density at radius 1 is 1.20 bits per heavy atom. The maximum absolute atomic E-state index is 11.0. The van der Waals surface area contributed by atoms with Crippen LogP contribution in [0, 0.1) is 10.1 Å². The van der Waals surface area contributed by atoms with Crippen molar-refractivity contribution in [1.82, 2.24) is 0 Å². The van der Waals surface area contributed by atoms with Gasteiger partial charge in [0.15, 0.2) is 0 Å². The van der Waals surface area contributed by atoms with Gasteiger partial charge in [-0.05, 0) is 0 Å². The molecule has 0 aliphatic carbocycles. The van der Waals surface area contributed by atoms with Gasteiger partial charge in [0.05, 0.1) is 0 Å². The van der Waals surface area contributed by atoms with Crippen LogP contribution in [-0.4, -0.2) is 24.3 Å². The van der Waals surface area contributed by atoms with E-state index in [2.05, 4.69) is 35.0 Å². The molecule has 0 radical (unpaired) electrons. The van der Waals surface area contributed by atoms with Crippen molar-refractivity contribution in [3.05, 3.63) is 62.6 Å². The zero-order valence-corrected chi connectivity index (χ0v) is 14.9. The summed E-state index contributed by atoms with van der Waals surface area (Å²) >= 11 is 6.56. The van der Waals surface area contributed by atoms with E-state index in [1.165, 1.54) is 6.07 Å². The van der Waals surface area contributed by atoms with E-state index in [0.717, 1.165) is 15.7 Å². The number of aliphatic imine (C=N–C) groups is 1. The van der Waals surface area contributed by atoms with Gasteiger partial charge >= 0.3 is 138 Å². The van der Waals surface area contributed by atoms with Crippen LogP contribution in [-0.2, 0) is 0 Å². The van der Waals surface area contributed by atoms with Crippen molar-refractivity contribution in [3.8, 4) is 0 Å². The van der Waals surface area contributed by atoms with Crippen molar-refractivity contribution in [2.75, 3.05) is 0 Å². The van der Waals surface area contributed by atoms with Gasteiger partial charge in [-0.15, -0.1) is 0 Å². The van der Waals surface area contributed by atoms with Gasteiger partial charge in [-0.25, -0.2) is 0 Å². The van der Waals surface area contributed by atoms with Gasteiger partial charge in [0.1, 0.15) is 0 Å². The molecule has 0 aliphatic heterocycles. The molecular weight excluding hydrogens is 455 g/mol. The molecule has 4 nitrogen and oxygen atoms in total. The number of benzene rings is 2. The molecule has 2 rings (SSSR count). The summed E-state index contributed by atoms with van der Waals surface area (Å²) in [4.78, 5) is 15.0. The van der Waals surface area contributed by atoms with E-state index < -0.39 is 0 Å². The third kappa shape index (κ3) is 3.76. The molecule has 2 aromatic rings. The molecule has 0 aromatic heterocycles. The van der Waals surface area contributed by atoms with Crippen molar-refractivity contribution in [2.45, 2.75) is 0 Å². The molecule has 0 spiro atoms. The van der Waals surface area contributed by atoms with Crippen molar-refractivity contribution in [1.29, 1.82) is 0 Å².